The van der Waals surface area contributed by atoms with E-state index in [1.165, 1.54) is 0 Å². The zero-order valence-electron chi connectivity index (χ0n) is 8.70. The van der Waals surface area contributed by atoms with E-state index < -0.39 is 0 Å². The van der Waals surface area contributed by atoms with Gasteiger partial charge in [-0.25, -0.2) is 4.98 Å². The van der Waals surface area contributed by atoms with Gasteiger partial charge >= 0.3 is 0 Å². The highest BCUT2D eigenvalue weighted by Gasteiger charge is 2.05. The fourth-order valence-electron chi connectivity index (χ4n) is 1.57. The molecule has 0 aliphatic heterocycles. The zero-order valence-corrected chi connectivity index (χ0v) is 9.52. The summed E-state index contributed by atoms with van der Waals surface area (Å²) in [5, 5.41) is 3.79. The van der Waals surface area contributed by atoms with Crippen molar-refractivity contribution < 1.29 is 0 Å². The van der Waals surface area contributed by atoms with Crippen LogP contribution in [0.4, 0.5) is 5.69 Å². The van der Waals surface area contributed by atoms with Crippen LogP contribution < -0.4 is 0 Å². The normalized spacial score (nSPS) is 10.6. The van der Waals surface area contributed by atoms with Crippen LogP contribution in [0.15, 0.2) is 47.9 Å². The molecule has 0 radical (unpaired) electrons. The number of pyridine rings is 1. The number of aromatic nitrogens is 2. The Labute approximate surface area is 101 Å². The molecule has 0 saturated carbocycles. The summed E-state index contributed by atoms with van der Waals surface area (Å²) in [6.45, 7) is 0. The minimum absolute atomic E-state index is 0.427. The first kappa shape index (κ1) is 10.0. The number of benzene rings is 1. The van der Waals surface area contributed by atoms with Gasteiger partial charge in [0.1, 0.15) is 16.2 Å². The van der Waals surface area contributed by atoms with Gasteiger partial charge in [-0.15, -0.1) is 16.2 Å². The Hall–Kier alpha value is -2.14. The van der Waals surface area contributed by atoms with Crippen LogP contribution in [0.1, 0.15) is 0 Å². The van der Waals surface area contributed by atoms with Crippen molar-refractivity contribution in [1.82, 2.24) is 9.97 Å². The topological polar surface area (TPSA) is 55.2 Å². The number of rotatable bonds is 2. The van der Waals surface area contributed by atoms with Crippen LogP contribution in [-0.2, 0) is 0 Å². The van der Waals surface area contributed by atoms with Crippen molar-refractivity contribution in [1.29, 1.82) is 0 Å². The molecule has 0 amide bonds. The number of nitrogens with zero attached hydrogens (tertiary/aromatic N) is 3. The van der Waals surface area contributed by atoms with E-state index >= 15 is 0 Å². The van der Waals surface area contributed by atoms with Gasteiger partial charge in [0.2, 0.25) is 0 Å². The molecule has 82 valence electrons. The number of fused-ring (bicyclic) bond motifs is 1. The average Bonchev–Trinajstić information content (AvgIpc) is 2.82. The maximum Gasteiger partial charge on any atom is 0.124 e. The predicted octanol–water partition coefficient (Wildman–Crippen LogP) is 3.76. The molecular weight excluding hydrogens is 234 g/mol. The van der Waals surface area contributed by atoms with Gasteiger partial charge in [0.15, 0.2) is 0 Å². The average molecular weight is 241 g/mol. The molecule has 0 fully saturated rings. The molecule has 5 heteroatoms. The van der Waals surface area contributed by atoms with E-state index in [1.807, 2.05) is 18.2 Å². The fraction of sp³-hybridized carbons (Fsp3) is 0. The quantitative estimate of drug-likeness (QED) is 0.642. The summed E-state index contributed by atoms with van der Waals surface area (Å²) in [7, 11) is 0. The molecule has 0 saturated heterocycles. The second kappa shape index (κ2) is 4.03. The molecule has 0 N–H and O–H groups in total. The van der Waals surface area contributed by atoms with E-state index in [1.54, 1.807) is 35.9 Å². The van der Waals surface area contributed by atoms with Crippen LogP contribution in [0.3, 0.4) is 0 Å². The van der Waals surface area contributed by atoms with E-state index in [9.17, 15) is 4.91 Å². The summed E-state index contributed by atoms with van der Waals surface area (Å²) >= 11 is 1.60. The SMILES string of the molecule is O=Nc1ccc(-c2nc3cnccc3s2)cc1. The predicted molar refractivity (Wildman–Crippen MR) is 68.3 cm³/mol. The summed E-state index contributed by atoms with van der Waals surface area (Å²) in [5.41, 5.74) is 2.31. The minimum atomic E-state index is 0.427. The van der Waals surface area contributed by atoms with Crippen LogP contribution in [0.5, 0.6) is 0 Å². The van der Waals surface area contributed by atoms with Gasteiger partial charge in [-0.1, -0.05) is 0 Å². The van der Waals surface area contributed by atoms with Crippen LogP contribution in [0.2, 0.25) is 0 Å². The Kier molecular flexibility index (Phi) is 2.38. The number of hydrogen-bond acceptors (Lipinski definition) is 5. The third-order valence-electron chi connectivity index (χ3n) is 2.41. The van der Waals surface area contributed by atoms with Crippen molar-refractivity contribution >= 4 is 27.2 Å². The summed E-state index contributed by atoms with van der Waals surface area (Å²) in [6, 6.07) is 9.01. The van der Waals surface area contributed by atoms with Gasteiger partial charge < -0.3 is 0 Å². The highest BCUT2D eigenvalue weighted by atomic mass is 32.1. The van der Waals surface area contributed by atoms with Crippen molar-refractivity contribution in [3.63, 3.8) is 0 Å². The van der Waals surface area contributed by atoms with Crippen molar-refractivity contribution in [3.8, 4) is 10.6 Å². The van der Waals surface area contributed by atoms with E-state index in [0.29, 0.717) is 5.69 Å². The van der Waals surface area contributed by atoms with Gasteiger partial charge in [0.25, 0.3) is 0 Å². The lowest BCUT2D eigenvalue weighted by Gasteiger charge is -1.94. The van der Waals surface area contributed by atoms with Gasteiger partial charge in [-0.2, -0.15) is 0 Å². The summed E-state index contributed by atoms with van der Waals surface area (Å²) in [6.07, 6.45) is 3.50. The Bertz CT molecular complexity index is 643. The summed E-state index contributed by atoms with van der Waals surface area (Å²) in [4.78, 5) is 18.8. The van der Waals surface area contributed by atoms with Crippen molar-refractivity contribution in [2.45, 2.75) is 0 Å². The largest absolute Gasteiger partial charge is 0.262 e. The first-order chi connectivity index (χ1) is 8.36. The Morgan fingerprint density at radius 3 is 2.65 bits per heavy atom. The molecule has 0 bridgehead atoms. The Balaban J connectivity index is 2.10. The van der Waals surface area contributed by atoms with Crippen LogP contribution in [-0.4, -0.2) is 9.97 Å². The van der Waals surface area contributed by atoms with E-state index in [4.69, 9.17) is 0 Å². The molecule has 2 heterocycles. The maximum absolute atomic E-state index is 10.3. The number of nitroso groups, excluding NO2 is 1. The molecule has 2 aromatic heterocycles. The number of thiazole rings is 1. The zero-order chi connectivity index (χ0) is 11.7. The molecule has 4 nitrogen and oxygen atoms in total. The lowest BCUT2D eigenvalue weighted by atomic mass is 10.2. The molecular formula is C12H7N3OS. The molecule has 17 heavy (non-hydrogen) atoms. The molecule has 3 rings (SSSR count). The summed E-state index contributed by atoms with van der Waals surface area (Å²) < 4.78 is 1.10. The van der Waals surface area contributed by atoms with Gasteiger partial charge in [-0.05, 0) is 35.5 Å². The molecule has 0 spiro atoms. The maximum atomic E-state index is 10.3. The van der Waals surface area contributed by atoms with Crippen molar-refractivity contribution in [2.75, 3.05) is 0 Å². The third kappa shape index (κ3) is 1.81. The molecule has 0 unspecified atom stereocenters. The highest BCUT2D eigenvalue weighted by molar-refractivity contribution is 7.21. The van der Waals surface area contributed by atoms with E-state index in [2.05, 4.69) is 15.1 Å². The molecule has 1 aromatic carbocycles. The van der Waals surface area contributed by atoms with Crippen LogP contribution in [0, 0.1) is 4.91 Å². The lowest BCUT2D eigenvalue weighted by molar-refractivity contribution is 1.34. The monoisotopic (exact) mass is 241 g/mol. The van der Waals surface area contributed by atoms with Crippen LogP contribution >= 0.6 is 11.3 Å². The first-order valence-electron chi connectivity index (χ1n) is 5.01. The molecule has 0 aliphatic rings. The van der Waals surface area contributed by atoms with Gasteiger partial charge in [0, 0.05) is 11.8 Å². The third-order valence-corrected chi connectivity index (χ3v) is 3.50. The number of hydrogen-bond donors (Lipinski definition) is 0. The van der Waals surface area contributed by atoms with E-state index in [0.717, 1.165) is 20.8 Å². The molecule has 0 atom stereocenters. The van der Waals surface area contributed by atoms with E-state index in [-0.39, 0.29) is 0 Å². The molecule has 3 aromatic rings. The second-order valence-electron chi connectivity index (χ2n) is 3.50. The van der Waals surface area contributed by atoms with Crippen molar-refractivity contribution in [2.24, 2.45) is 5.18 Å². The minimum Gasteiger partial charge on any atom is -0.262 e. The molecule has 0 aliphatic carbocycles. The fourth-order valence-corrected chi connectivity index (χ4v) is 2.51. The Morgan fingerprint density at radius 1 is 1.12 bits per heavy atom. The highest BCUT2D eigenvalue weighted by Crippen LogP contribution is 2.30. The van der Waals surface area contributed by atoms with Gasteiger partial charge in [-0.3, -0.25) is 4.98 Å². The van der Waals surface area contributed by atoms with Crippen molar-refractivity contribution in [3.05, 3.63) is 47.6 Å². The first-order valence-corrected chi connectivity index (χ1v) is 5.83. The summed E-state index contributed by atoms with van der Waals surface area (Å²) in [5.74, 6) is 0. The second-order valence-corrected chi connectivity index (χ2v) is 4.53. The Morgan fingerprint density at radius 2 is 1.94 bits per heavy atom. The van der Waals surface area contributed by atoms with Gasteiger partial charge in [0.05, 0.1) is 10.9 Å². The standard InChI is InChI=1S/C12H7N3OS/c16-15-9-3-1-8(2-4-9)12-14-10-7-13-6-5-11(10)17-12/h1-7H. The van der Waals surface area contributed by atoms with Crippen LogP contribution in [0.25, 0.3) is 20.8 Å². The smallest absolute Gasteiger partial charge is 0.124 e. The lowest BCUT2D eigenvalue weighted by Crippen LogP contribution is -1.75.